The third kappa shape index (κ3) is 1.04. The summed E-state index contributed by atoms with van der Waals surface area (Å²) in [4.78, 5) is 13.8. The molecule has 0 saturated carbocycles. The van der Waals surface area contributed by atoms with Crippen LogP contribution in [0.15, 0.2) is 17.9 Å². The number of imidazole rings is 1. The Balaban J connectivity index is 2.75. The summed E-state index contributed by atoms with van der Waals surface area (Å²) >= 11 is 0. The molecule has 0 saturated heterocycles. The van der Waals surface area contributed by atoms with Gasteiger partial charge in [0.1, 0.15) is 5.28 Å². The maximum Gasteiger partial charge on any atom is 0.379 e. The number of aromatic nitrogens is 4. The van der Waals surface area contributed by atoms with Crippen molar-refractivity contribution in [2.45, 2.75) is 0 Å². The molecule has 0 aliphatic carbocycles. The van der Waals surface area contributed by atoms with Crippen LogP contribution in [-0.2, 0) is 0 Å². The Morgan fingerprint density at radius 3 is 3.08 bits per heavy atom. The molecule has 0 aliphatic rings. The van der Waals surface area contributed by atoms with Crippen LogP contribution in [0.5, 0.6) is 0 Å². The van der Waals surface area contributed by atoms with E-state index in [2.05, 4.69) is 25.2 Å². The number of fused-ring (bicyclic) bond motifs is 1. The first-order valence-electron chi connectivity index (χ1n) is 3.29. The van der Waals surface area contributed by atoms with Gasteiger partial charge in [0.15, 0.2) is 11.2 Å². The normalized spacial score (nSPS) is 12.2. The number of nitrogens with one attached hydrogen (secondary N) is 1. The van der Waals surface area contributed by atoms with E-state index in [1.54, 1.807) is 0 Å². The molecule has 0 aromatic carbocycles. The minimum absolute atomic E-state index is 0.0256. The lowest BCUT2D eigenvalue weighted by Crippen LogP contribution is -1.96. The molecule has 0 spiro atoms. The third-order valence-electron chi connectivity index (χ3n) is 1.47. The van der Waals surface area contributed by atoms with E-state index >= 15 is 0 Å². The van der Waals surface area contributed by atoms with E-state index < -0.39 is 0 Å². The second kappa shape index (κ2) is 2.66. The number of aromatic amines is 1. The molecule has 0 unspecified atom stereocenters. The van der Waals surface area contributed by atoms with Crippen molar-refractivity contribution < 1.29 is 10.1 Å². The van der Waals surface area contributed by atoms with Gasteiger partial charge in [-0.1, -0.05) is 4.86 Å². The Bertz CT molecular complexity index is 463. The Morgan fingerprint density at radius 2 is 2.31 bits per heavy atom. The standard InChI is InChI=1S/C5H4N6O2/c12-10-11(13)5-3-4(7-1-6-3)8-2-9-5/h1-2,12H,(H,6,7,8,9)/b11-10+. The van der Waals surface area contributed by atoms with Crippen LogP contribution in [0.3, 0.4) is 0 Å². The lowest BCUT2D eigenvalue weighted by Gasteiger charge is -1.97. The minimum atomic E-state index is -0.0787. The number of H-pyrrole nitrogens is 1. The van der Waals surface area contributed by atoms with Gasteiger partial charge in [0.25, 0.3) is 0 Å². The predicted molar refractivity (Wildman–Crippen MR) is 39.2 cm³/mol. The minimum Gasteiger partial charge on any atom is -0.688 e. The summed E-state index contributed by atoms with van der Waals surface area (Å²) in [6.07, 6.45) is 2.53. The first kappa shape index (κ1) is 7.40. The van der Waals surface area contributed by atoms with Gasteiger partial charge >= 0.3 is 5.82 Å². The van der Waals surface area contributed by atoms with Crippen molar-refractivity contribution in [2.75, 3.05) is 0 Å². The van der Waals surface area contributed by atoms with E-state index in [9.17, 15) is 5.21 Å². The van der Waals surface area contributed by atoms with Gasteiger partial charge < -0.3 is 15.4 Å². The first-order valence-corrected chi connectivity index (χ1v) is 3.29. The highest BCUT2D eigenvalue weighted by Crippen LogP contribution is 2.16. The van der Waals surface area contributed by atoms with Crippen LogP contribution in [0.4, 0.5) is 5.82 Å². The monoisotopic (exact) mass is 180 g/mol. The van der Waals surface area contributed by atoms with E-state index in [0.29, 0.717) is 11.2 Å². The molecular formula is C5H4N6O2. The van der Waals surface area contributed by atoms with Crippen molar-refractivity contribution in [1.29, 1.82) is 0 Å². The average molecular weight is 180 g/mol. The van der Waals surface area contributed by atoms with Crippen molar-refractivity contribution in [1.82, 2.24) is 19.9 Å². The van der Waals surface area contributed by atoms with Crippen LogP contribution < -0.4 is 0 Å². The Hall–Kier alpha value is -2.25. The van der Waals surface area contributed by atoms with Gasteiger partial charge in [0.05, 0.1) is 6.33 Å². The fourth-order valence-electron chi connectivity index (χ4n) is 0.940. The van der Waals surface area contributed by atoms with Gasteiger partial charge in [-0.25, -0.2) is 4.98 Å². The summed E-state index contributed by atoms with van der Waals surface area (Å²) in [6, 6.07) is 0. The fourth-order valence-corrected chi connectivity index (χ4v) is 0.940. The highest BCUT2D eigenvalue weighted by Gasteiger charge is 2.14. The zero-order valence-corrected chi connectivity index (χ0v) is 6.25. The quantitative estimate of drug-likeness (QED) is 0.373. The van der Waals surface area contributed by atoms with Crippen molar-refractivity contribution in [2.24, 2.45) is 5.28 Å². The number of nitrogens with zero attached hydrogens (tertiary/aromatic N) is 5. The van der Waals surface area contributed by atoms with Crippen LogP contribution in [0.1, 0.15) is 0 Å². The van der Waals surface area contributed by atoms with Crippen LogP contribution in [0.2, 0.25) is 0 Å². The van der Waals surface area contributed by atoms with Gasteiger partial charge in [0, 0.05) is 0 Å². The van der Waals surface area contributed by atoms with E-state index in [1.165, 1.54) is 6.33 Å². The maximum absolute atomic E-state index is 10.9. The van der Waals surface area contributed by atoms with Gasteiger partial charge in [-0.3, -0.25) is 0 Å². The van der Waals surface area contributed by atoms with Crippen molar-refractivity contribution in [3.8, 4) is 0 Å². The largest absolute Gasteiger partial charge is 0.688 e. The van der Waals surface area contributed by atoms with E-state index in [-0.39, 0.29) is 10.7 Å². The molecule has 2 aromatic heterocycles. The summed E-state index contributed by atoms with van der Waals surface area (Å²) in [7, 11) is 0. The van der Waals surface area contributed by atoms with Gasteiger partial charge in [-0.2, -0.15) is 4.98 Å². The number of hydrogen-bond donors (Lipinski definition) is 2. The van der Waals surface area contributed by atoms with Gasteiger partial charge in [-0.15, -0.1) is 0 Å². The average Bonchev–Trinajstić information content (AvgIpc) is 2.63. The molecule has 8 heteroatoms. The molecule has 66 valence electrons. The Labute approximate surface area is 71.1 Å². The number of rotatable bonds is 1. The highest BCUT2D eigenvalue weighted by molar-refractivity contribution is 5.77. The lowest BCUT2D eigenvalue weighted by atomic mass is 10.5. The van der Waals surface area contributed by atoms with Crippen LogP contribution >= 0.6 is 0 Å². The van der Waals surface area contributed by atoms with E-state index in [0.717, 1.165) is 6.33 Å². The Morgan fingerprint density at radius 1 is 1.46 bits per heavy atom. The van der Waals surface area contributed by atoms with Crippen molar-refractivity contribution in [3.05, 3.63) is 17.9 Å². The summed E-state index contributed by atoms with van der Waals surface area (Å²) in [5.74, 6) is -0.0787. The predicted octanol–water partition coefficient (Wildman–Crippen LogP) is 0.336. The molecule has 0 atom stereocenters. The summed E-state index contributed by atoms with van der Waals surface area (Å²) < 4.78 is 0. The third-order valence-corrected chi connectivity index (χ3v) is 1.47. The molecule has 0 fully saturated rings. The first-order chi connectivity index (χ1) is 6.33. The zero-order valence-electron chi connectivity index (χ0n) is 6.25. The summed E-state index contributed by atoms with van der Waals surface area (Å²) in [5, 5.41) is 21.5. The fraction of sp³-hybridized carbons (Fsp3) is 0. The van der Waals surface area contributed by atoms with Crippen molar-refractivity contribution in [3.63, 3.8) is 0 Å². The second-order valence-electron chi connectivity index (χ2n) is 2.16. The second-order valence-corrected chi connectivity index (χ2v) is 2.16. The molecular weight excluding hydrogens is 176 g/mol. The molecule has 2 N–H and O–H groups in total. The van der Waals surface area contributed by atoms with Crippen molar-refractivity contribution >= 4 is 17.0 Å². The van der Waals surface area contributed by atoms with E-state index in [1.807, 2.05) is 0 Å². The molecule has 0 aliphatic heterocycles. The summed E-state index contributed by atoms with van der Waals surface area (Å²) in [6.45, 7) is 0. The molecule has 2 heterocycles. The highest BCUT2D eigenvalue weighted by atomic mass is 16.6. The maximum atomic E-state index is 10.9. The zero-order chi connectivity index (χ0) is 9.26. The molecule has 2 rings (SSSR count). The van der Waals surface area contributed by atoms with Crippen LogP contribution in [0, 0.1) is 5.21 Å². The molecule has 2 aromatic rings. The topological polar surface area (TPSA) is 113 Å². The molecule has 13 heavy (non-hydrogen) atoms. The SMILES string of the molecule is [O-]/[N+](=N/O)c1ncnc2nc[nH]c12. The van der Waals surface area contributed by atoms with Crippen LogP contribution in [0.25, 0.3) is 11.2 Å². The van der Waals surface area contributed by atoms with Gasteiger partial charge in [-0.05, 0) is 4.98 Å². The van der Waals surface area contributed by atoms with E-state index in [4.69, 9.17) is 5.21 Å². The molecule has 0 amide bonds. The smallest absolute Gasteiger partial charge is 0.379 e. The number of hydrogen-bond acceptors (Lipinski definition) is 5. The van der Waals surface area contributed by atoms with Gasteiger partial charge in [0.2, 0.25) is 6.33 Å². The summed E-state index contributed by atoms with van der Waals surface area (Å²) in [5.41, 5.74) is 0.671. The molecule has 8 nitrogen and oxygen atoms in total. The van der Waals surface area contributed by atoms with Crippen LogP contribution in [-0.4, -0.2) is 30.0 Å². The Kier molecular flexibility index (Phi) is 1.51. The lowest BCUT2D eigenvalue weighted by molar-refractivity contribution is -0.476. The molecule has 0 radical (unpaired) electrons. The molecule has 0 bridgehead atoms.